The van der Waals surface area contributed by atoms with E-state index in [4.69, 9.17) is 9.47 Å². The van der Waals surface area contributed by atoms with Gasteiger partial charge in [-0.05, 0) is 26.3 Å². The molecule has 4 unspecified atom stereocenters. The number of ether oxygens (including phenoxy) is 2. The second-order valence-electron chi connectivity index (χ2n) is 5.57. The van der Waals surface area contributed by atoms with E-state index in [2.05, 4.69) is 24.5 Å². The van der Waals surface area contributed by atoms with Gasteiger partial charge in [0.2, 0.25) is 5.91 Å². The average Bonchev–Trinajstić information content (AvgIpc) is 3.02. The highest BCUT2D eigenvalue weighted by Gasteiger charge is 2.34. The lowest BCUT2D eigenvalue weighted by Gasteiger charge is -2.20. The maximum atomic E-state index is 12.2. The number of hydrogen-bond donors (Lipinski definition) is 2. The molecular formula is C14H26N2O3. The number of hydrogen-bond acceptors (Lipinski definition) is 4. The van der Waals surface area contributed by atoms with Crippen LogP contribution in [0.25, 0.3) is 0 Å². The van der Waals surface area contributed by atoms with Gasteiger partial charge >= 0.3 is 0 Å². The second-order valence-corrected chi connectivity index (χ2v) is 5.57. The van der Waals surface area contributed by atoms with Crippen molar-refractivity contribution in [2.24, 2.45) is 11.8 Å². The Labute approximate surface area is 115 Å². The van der Waals surface area contributed by atoms with Crippen molar-refractivity contribution in [2.45, 2.75) is 38.8 Å². The molecule has 0 bridgehead atoms. The van der Waals surface area contributed by atoms with Crippen molar-refractivity contribution in [3.8, 4) is 0 Å². The number of nitrogens with one attached hydrogen (secondary N) is 2. The van der Waals surface area contributed by atoms with Crippen molar-refractivity contribution in [3.05, 3.63) is 0 Å². The van der Waals surface area contributed by atoms with E-state index in [0.717, 1.165) is 32.5 Å². The van der Waals surface area contributed by atoms with E-state index >= 15 is 0 Å². The molecule has 2 saturated heterocycles. The maximum Gasteiger partial charge on any atom is 0.227 e. The Morgan fingerprint density at radius 3 is 2.89 bits per heavy atom. The van der Waals surface area contributed by atoms with Crippen LogP contribution in [-0.4, -0.2) is 51.0 Å². The lowest BCUT2D eigenvalue weighted by molar-refractivity contribution is -0.125. The number of rotatable bonds is 6. The van der Waals surface area contributed by atoms with Gasteiger partial charge < -0.3 is 20.1 Å². The molecule has 5 heteroatoms. The summed E-state index contributed by atoms with van der Waals surface area (Å²) in [4.78, 5) is 12.2. The number of carbonyl (C=O) groups excluding carboxylic acids is 1. The Morgan fingerprint density at radius 1 is 1.37 bits per heavy atom. The fraction of sp³-hybridized carbons (Fsp3) is 0.929. The molecule has 2 heterocycles. The molecule has 2 rings (SSSR count). The van der Waals surface area contributed by atoms with Gasteiger partial charge in [-0.3, -0.25) is 4.79 Å². The van der Waals surface area contributed by atoms with Gasteiger partial charge in [-0.15, -0.1) is 0 Å². The van der Waals surface area contributed by atoms with Gasteiger partial charge in [0.15, 0.2) is 0 Å². The van der Waals surface area contributed by atoms with Crippen LogP contribution in [0.2, 0.25) is 0 Å². The van der Waals surface area contributed by atoms with Crippen LogP contribution in [0.1, 0.15) is 26.7 Å². The Bertz CT molecular complexity index is 298. The normalized spacial score (nSPS) is 34.6. The van der Waals surface area contributed by atoms with Crippen LogP contribution in [0.4, 0.5) is 0 Å². The molecule has 0 aliphatic carbocycles. The van der Waals surface area contributed by atoms with E-state index in [-0.39, 0.29) is 24.0 Å². The highest BCUT2D eigenvalue weighted by Crippen LogP contribution is 2.20. The molecule has 110 valence electrons. The minimum Gasteiger partial charge on any atom is -0.379 e. The first-order chi connectivity index (χ1) is 9.22. The van der Waals surface area contributed by atoms with Crippen LogP contribution in [0, 0.1) is 11.8 Å². The van der Waals surface area contributed by atoms with Crippen LogP contribution in [0.3, 0.4) is 0 Å². The third-order valence-electron chi connectivity index (χ3n) is 4.15. The molecule has 2 fully saturated rings. The minimum absolute atomic E-state index is 0.0517. The standard InChI is InChI=1S/C14H26N2O3/c1-3-5-15-13-9-18-8-12(13)14(17)16-7-11-4-6-19-10(11)2/h10-13,15H,3-9H2,1-2H3,(H,16,17). The number of amides is 1. The lowest BCUT2D eigenvalue weighted by atomic mass is 10.00. The quantitative estimate of drug-likeness (QED) is 0.740. The summed E-state index contributed by atoms with van der Waals surface area (Å²) in [6.07, 6.45) is 2.37. The predicted molar refractivity (Wildman–Crippen MR) is 72.9 cm³/mol. The van der Waals surface area contributed by atoms with Crippen molar-refractivity contribution in [3.63, 3.8) is 0 Å². The van der Waals surface area contributed by atoms with Crippen LogP contribution >= 0.6 is 0 Å². The summed E-state index contributed by atoms with van der Waals surface area (Å²) in [6.45, 7) is 7.84. The Balaban J connectivity index is 1.75. The summed E-state index contributed by atoms with van der Waals surface area (Å²) >= 11 is 0. The molecule has 4 atom stereocenters. The van der Waals surface area contributed by atoms with Crippen LogP contribution in [0.15, 0.2) is 0 Å². The van der Waals surface area contributed by atoms with E-state index < -0.39 is 0 Å². The number of carbonyl (C=O) groups is 1. The summed E-state index contributed by atoms with van der Waals surface area (Å²) in [6, 6.07) is 0.164. The third-order valence-corrected chi connectivity index (χ3v) is 4.15. The molecule has 1 amide bonds. The van der Waals surface area contributed by atoms with Crippen molar-refractivity contribution < 1.29 is 14.3 Å². The van der Waals surface area contributed by atoms with Crippen LogP contribution in [0.5, 0.6) is 0 Å². The van der Waals surface area contributed by atoms with Gasteiger partial charge in [-0.2, -0.15) is 0 Å². The van der Waals surface area contributed by atoms with Crippen LogP contribution in [-0.2, 0) is 14.3 Å². The smallest absolute Gasteiger partial charge is 0.227 e. The molecule has 0 spiro atoms. The fourth-order valence-corrected chi connectivity index (χ4v) is 2.75. The molecule has 0 radical (unpaired) electrons. The molecule has 2 aliphatic rings. The molecule has 5 nitrogen and oxygen atoms in total. The van der Waals surface area contributed by atoms with Crippen molar-refractivity contribution >= 4 is 5.91 Å². The zero-order chi connectivity index (χ0) is 13.7. The average molecular weight is 270 g/mol. The highest BCUT2D eigenvalue weighted by atomic mass is 16.5. The molecule has 0 aromatic rings. The highest BCUT2D eigenvalue weighted by molar-refractivity contribution is 5.79. The molecule has 2 aliphatic heterocycles. The van der Waals surface area contributed by atoms with Gasteiger partial charge in [0.05, 0.1) is 25.2 Å². The maximum absolute atomic E-state index is 12.2. The molecule has 0 aromatic heterocycles. The summed E-state index contributed by atoms with van der Waals surface area (Å²) in [5.41, 5.74) is 0. The minimum atomic E-state index is -0.0517. The van der Waals surface area contributed by atoms with Crippen molar-refractivity contribution in [1.82, 2.24) is 10.6 Å². The largest absolute Gasteiger partial charge is 0.379 e. The molecular weight excluding hydrogens is 244 g/mol. The molecule has 2 N–H and O–H groups in total. The monoisotopic (exact) mass is 270 g/mol. The van der Waals surface area contributed by atoms with Gasteiger partial charge in [0.1, 0.15) is 0 Å². The Morgan fingerprint density at radius 2 is 2.21 bits per heavy atom. The molecule has 0 saturated carbocycles. The first-order valence-electron chi connectivity index (χ1n) is 7.42. The van der Waals surface area contributed by atoms with Gasteiger partial charge in [-0.1, -0.05) is 6.92 Å². The zero-order valence-electron chi connectivity index (χ0n) is 12.0. The predicted octanol–water partition coefficient (Wildman–Crippen LogP) is 0.542. The van der Waals surface area contributed by atoms with Crippen molar-refractivity contribution in [1.29, 1.82) is 0 Å². The lowest BCUT2D eigenvalue weighted by Crippen LogP contribution is -2.45. The van der Waals surface area contributed by atoms with E-state index in [0.29, 0.717) is 19.1 Å². The van der Waals surface area contributed by atoms with Gasteiger partial charge in [-0.25, -0.2) is 0 Å². The topological polar surface area (TPSA) is 59.6 Å². The summed E-state index contributed by atoms with van der Waals surface area (Å²) in [5.74, 6) is 0.516. The SMILES string of the molecule is CCCNC1COCC1C(=O)NCC1CCOC1C. The van der Waals surface area contributed by atoms with E-state index in [1.54, 1.807) is 0 Å². The fourth-order valence-electron chi connectivity index (χ4n) is 2.75. The summed E-state index contributed by atoms with van der Waals surface area (Å²) in [5, 5.41) is 6.45. The van der Waals surface area contributed by atoms with E-state index in [1.165, 1.54) is 0 Å². The Hall–Kier alpha value is -0.650. The first-order valence-corrected chi connectivity index (χ1v) is 7.42. The van der Waals surface area contributed by atoms with Crippen LogP contribution < -0.4 is 10.6 Å². The van der Waals surface area contributed by atoms with Crippen molar-refractivity contribution in [2.75, 3.05) is 32.9 Å². The summed E-state index contributed by atoms with van der Waals surface area (Å²) < 4.78 is 10.9. The molecule has 19 heavy (non-hydrogen) atoms. The van der Waals surface area contributed by atoms with E-state index in [9.17, 15) is 4.79 Å². The zero-order valence-corrected chi connectivity index (χ0v) is 12.0. The van der Waals surface area contributed by atoms with E-state index in [1.807, 2.05) is 0 Å². The Kier molecular flexibility index (Phi) is 5.60. The third kappa shape index (κ3) is 3.91. The van der Waals surface area contributed by atoms with Gasteiger partial charge in [0, 0.05) is 25.1 Å². The van der Waals surface area contributed by atoms with Gasteiger partial charge in [0.25, 0.3) is 0 Å². The first kappa shape index (κ1) is 14.8. The second kappa shape index (κ2) is 7.22. The summed E-state index contributed by atoms with van der Waals surface area (Å²) in [7, 11) is 0. The molecule has 0 aromatic carbocycles.